The number of hydrogen-bond acceptors (Lipinski definition) is 5. The average molecular weight is 486 g/mol. The normalized spacial score (nSPS) is 19.4. The van der Waals surface area contributed by atoms with Gasteiger partial charge in [0.05, 0.1) is 5.69 Å². The van der Waals surface area contributed by atoms with Crippen LogP contribution in [0.2, 0.25) is 0 Å². The van der Waals surface area contributed by atoms with Crippen molar-refractivity contribution in [2.45, 2.75) is 57.8 Å². The van der Waals surface area contributed by atoms with Crippen LogP contribution in [0.1, 0.15) is 78.5 Å². The Bertz CT molecular complexity index is 1240. The van der Waals surface area contributed by atoms with Gasteiger partial charge in [0.25, 0.3) is 5.91 Å². The highest BCUT2D eigenvalue weighted by molar-refractivity contribution is 6.01. The van der Waals surface area contributed by atoms with E-state index in [-0.39, 0.29) is 29.0 Å². The van der Waals surface area contributed by atoms with E-state index in [1.54, 1.807) is 4.90 Å². The third kappa shape index (κ3) is 4.41. The number of carbonyl (C=O) groups excluding carboxylic acids is 1. The lowest BCUT2D eigenvalue weighted by Gasteiger charge is -2.36. The molecule has 6 nitrogen and oxygen atoms in total. The van der Waals surface area contributed by atoms with Crippen molar-refractivity contribution in [3.63, 3.8) is 0 Å². The molecule has 1 fully saturated rings. The standard InChI is InChI=1S/C30H35N3O3/c1-3-4-13-24-27(33-18-15-20(2)23-12-8-9-14-25(23)33)28(34)26(29(35)31-24)30(36)32-17-16-22(19-32)21-10-6-5-7-11-21/h5-12,14,20,22H,3-4,13,15-19H2,1-2H3,(H2,31,34,35)/t20?,22-/m1/s1. The van der Waals surface area contributed by atoms with Crippen LogP contribution in [0.4, 0.5) is 11.4 Å². The molecule has 1 unspecified atom stereocenters. The maximum Gasteiger partial charge on any atom is 0.263 e. The Hall–Kier alpha value is -3.54. The summed E-state index contributed by atoms with van der Waals surface area (Å²) in [5.41, 5.74) is 4.56. The van der Waals surface area contributed by atoms with E-state index < -0.39 is 0 Å². The number of aromatic nitrogens is 1. The third-order valence-electron chi connectivity index (χ3n) is 7.74. The number of aromatic hydroxyl groups is 2. The number of aryl methyl sites for hydroxylation is 1. The highest BCUT2D eigenvalue weighted by Gasteiger charge is 2.35. The van der Waals surface area contributed by atoms with E-state index >= 15 is 0 Å². The van der Waals surface area contributed by atoms with Crippen LogP contribution in [-0.2, 0) is 6.42 Å². The minimum atomic E-state index is -0.380. The fraction of sp³-hybridized carbons (Fsp3) is 0.400. The molecule has 0 aliphatic carbocycles. The number of amides is 1. The monoisotopic (exact) mass is 485 g/mol. The zero-order chi connectivity index (χ0) is 25.2. The molecular weight excluding hydrogens is 450 g/mol. The number of anilines is 2. The SMILES string of the molecule is CCCCc1nc(O)c(C(=O)N2CC[C@@H](c3ccccc3)C2)c(O)c1N1CCC(C)c2ccccc21. The molecule has 2 N–H and O–H groups in total. The van der Waals surface area contributed by atoms with Gasteiger partial charge in [-0.3, -0.25) is 4.79 Å². The summed E-state index contributed by atoms with van der Waals surface area (Å²) in [5.74, 6) is -0.256. The molecule has 0 spiro atoms. The Labute approximate surface area is 213 Å². The molecule has 1 aromatic heterocycles. The quantitative estimate of drug-likeness (QED) is 0.440. The Kier molecular flexibility index (Phi) is 6.86. The van der Waals surface area contributed by atoms with Crippen molar-refractivity contribution >= 4 is 17.3 Å². The van der Waals surface area contributed by atoms with Crippen molar-refractivity contribution in [2.24, 2.45) is 0 Å². The lowest BCUT2D eigenvalue weighted by atomic mass is 9.90. The van der Waals surface area contributed by atoms with Crippen LogP contribution in [0.5, 0.6) is 11.6 Å². The molecule has 2 aromatic carbocycles. The van der Waals surface area contributed by atoms with E-state index in [1.165, 1.54) is 11.1 Å². The summed E-state index contributed by atoms with van der Waals surface area (Å²) in [6.07, 6.45) is 4.24. The zero-order valence-corrected chi connectivity index (χ0v) is 21.2. The van der Waals surface area contributed by atoms with E-state index in [4.69, 9.17) is 0 Å². The van der Waals surface area contributed by atoms with Crippen molar-refractivity contribution in [2.75, 3.05) is 24.5 Å². The molecule has 2 aliphatic rings. The first kappa shape index (κ1) is 24.2. The van der Waals surface area contributed by atoms with Crippen molar-refractivity contribution < 1.29 is 15.0 Å². The van der Waals surface area contributed by atoms with Gasteiger partial charge in [0.1, 0.15) is 11.3 Å². The van der Waals surface area contributed by atoms with Crippen LogP contribution in [0.15, 0.2) is 54.6 Å². The Morgan fingerprint density at radius 2 is 1.78 bits per heavy atom. The molecule has 188 valence electrons. The minimum Gasteiger partial charge on any atom is -0.505 e. The highest BCUT2D eigenvalue weighted by atomic mass is 16.3. The first-order chi connectivity index (χ1) is 17.5. The van der Waals surface area contributed by atoms with Gasteiger partial charge >= 0.3 is 0 Å². The number of nitrogens with zero attached hydrogens (tertiary/aromatic N) is 3. The predicted molar refractivity (Wildman–Crippen MR) is 142 cm³/mol. The van der Waals surface area contributed by atoms with Crippen LogP contribution < -0.4 is 4.90 Å². The molecule has 3 heterocycles. The number of para-hydroxylation sites is 1. The van der Waals surface area contributed by atoms with Crippen LogP contribution in [0.25, 0.3) is 0 Å². The van der Waals surface area contributed by atoms with Gasteiger partial charge in [0, 0.05) is 31.2 Å². The van der Waals surface area contributed by atoms with Crippen LogP contribution in [-0.4, -0.2) is 45.6 Å². The Morgan fingerprint density at radius 3 is 2.56 bits per heavy atom. The van der Waals surface area contributed by atoms with Gasteiger partial charge in [-0.15, -0.1) is 0 Å². The Balaban J connectivity index is 1.54. The second kappa shape index (κ2) is 10.2. The highest BCUT2D eigenvalue weighted by Crippen LogP contribution is 2.47. The smallest absolute Gasteiger partial charge is 0.263 e. The van der Waals surface area contributed by atoms with E-state index in [0.29, 0.717) is 43.4 Å². The van der Waals surface area contributed by atoms with Gasteiger partial charge in [-0.05, 0) is 48.8 Å². The average Bonchev–Trinajstić information content (AvgIpc) is 3.39. The molecule has 2 atom stereocenters. The van der Waals surface area contributed by atoms with Gasteiger partial charge in [-0.2, -0.15) is 0 Å². The summed E-state index contributed by atoms with van der Waals surface area (Å²) in [5, 5.41) is 22.5. The maximum absolute atomic E-state index is 13.7. The van der Waals surface area contributed by atoms with Crippen molar-refractivity contribution in [3.05, 3.63) is 77.0 Å². The van der Waals surface area contributed by atoms with Gasteiger partial charge in [0.2, 0.25) is 5.88 Å². The summed E-state index contributed by atoms with van der Waals surface area (Å²) < 4.78 is 0. The van der Waals surface area contributed by atoms with Crippen molar-refractivity contribution in [1.82, 2.24) is 9.88 Å². The number of unbranched alkanes of at least 4 members (excludes halogenated alkanes) is 1. The summed E-state index contributed by atoms with van der Waals surface area (Å²) in [4.78, 5) is 22.0. The topological polar surface area (TPSA) is 76.9 Å². The number of likely N-dealkylation sites (tertiary alicyclic amines) is 1. The zero-order valence-electron chi connectivity index (χ0n) is 21.2. The van der Waals surface area contributed by atoms with Crippen molar-refractivity contribution in [1.29, 1.82) is 0 Å². The minimum absolute atomic E-state index is 0.0879. The first-order valence-electron chi connectivity index (χ1n) is 13.1. The molecule has 2 aliphatic heterocycles. The molecule has 36 heavy (non-hydrogen) atoms. The number of benzene rings is 2. The van der Waals surface area contributed by atoms with Crippen LogP contribution in [0, 0.1) is 0 Å². The lowest BCUT2D eigenvalue weighted by molar-refractivity contribution is 0.0783. The number of carbonyl (C=O) groups is 1. The van der Waals surface area contributed by atoms with E-state index in [1.807, 2.05) is 30.3 Å². The van der Waals surface area contributed by atoms with Gasteiger partial charge in [-0.25, -0.2) is 4.98 Å². The fourth-order valence-corrected chi connectivity index (χ4v) is 5.68. The van der Waals surface area contributed by atoms with E-state index in [2.05, 4.69) is 48.0 Å². The number of fused-ring (bicyclic) bond motifs is 1. The second-order valence-electron chi connectivity index (χ2n) is 10.1. The first-order valence-corrected chi connectivity index (χ1v) is 13.1. The fourth-order valence-electron chi connectivity index (χ4n) is 5.68. The molecule has 6 heteroatoms. The molecule has 0 saturated carbocycles. The molecule has 5 rings (SSSR count). The van der Waals surface area contributed by atoms with Gasteiger partial charge < -0.3 is 20.0 Å². The molecule has 0 radical (unpaired) electrons. The van der Waals surface area contributed by atoms with Crippen LogP contribution >= 0.6 is 0 Å². The molecular formula is C30H35N3O3. The van der Waals surface area contributed by atoms with Crippen molar-refractivity contribution in [3.8, 4) is 11.6 Å². The largest absolute Gasteiger partial charge is 0.505 e. The summed E-state index contributed by atoms with van der Waals surface area (Å²) in [6, 6.07) is 18.4. The lowest BCUT2D eigenvalue weighted by Crippen LogP contribution is -2.31. The summed E-state index contributed by atoms with van der Waals surface area (Å²) in [6.45, 7) is 6.16. The van der Waals surface area contributed by atoms with E-state index in [9.17, 15) is 15.0 Å². The van der Waals surface area contributed by atoms with Gasteiger partial charge in [0.15, 0.2) is 5.75 Å². The number of rotatable bonds is 6. The number of pyridine rings is 1. The summed E-state index contributed by atoms with van der Waals surface area (Å²) >= 11 is 0. The molecule has 1 amide bonds. The van der Waals surface area contributed by atoms with Gasteiger partial charge in [-0.1, -0.05) is 68.8 Å². The second-order valence-corrected chi connectivity index (χ2v) is 10.1. The van der Waals surface area contributed by atoms with Crippen LogP contribution in [0.3, 0.4) is 0 Å². The molecule has 1 saturated heterocycles. The third-order valence-corrected chi connectivity index (χ3v) is 7.74. The Morgan fingerprint density at radius 1 is 1.03 bits per heavy atom. The predicted octanol–water partition coefficient (Wildman–Crippen LogP) is 6.11. The number of hydrogen-bond donors (Lipinski definition) is 2. The maximum atomic E-state index is 13.7. The molecule has 0 bridgehead atoms. The van der Waals surface area contributed by atoms with E-state index in [0.717, 1.165) is 31.4 Å². The molecule has 3 aromatic rings. The summed E-state index contributed by atoms with van der Waals surface area (Å²) in [7, 11) is 0.